The van der Waals surface area contributed by atoms with E-state index in [-0.39, 0.29) is 11.8 Å². The van der Waals surface area contributed by atoms with E-state index in [9.17, 15) is 0 Å². The molecule has 168 valence electrons. The molecule has 2 aliphatic carbocycles. The molecule has 0 radical (unpaired) electrons. The van der Waals surface area contributed by atoms with E-state index in [0.717, 1.165) is 0 Å². The van der Waals surface area contributed by atoms with Gasteiger partial charge in [-0.25, -0.2) is 0 Å². The Bertz CT molecular complexity index is 1720. The molecule has 2 atom stereocenters. The van der Waals surface area contributed by atoms with Gasteiger partial charge >= 0.3 is 0 Å². The van der Waals surface area contributed by atoms with Crippen LogP contribution in [-0.4, -0.2) is 0 Å². The van der Waals surface area contributed by atoms with Gasteiger partial charge in [-0.2, -0.15) is 0 Å². The van der Waals surface area contributed by atoms with Crippen molar-refractivity contribution in [3.05, 3.63) is 167 Å². The lowest BCUT2D eigenvalue weighted by Gasteiger charge is -2.21. The van der Waals surface area contributed by atoms with Crippen molar-refractivity contribution in [1.29, 1.82) is 0 Å². The number of hydrogen-bond donors (Lipinski definition) is 0. The summed E-state index contributed by atoms with van der Waals surface area (Å²) in [6, 6.07) is 49.6. The van der Waals surface area contributed by atoms with Crippen LogP contribution in [0.15, 0.2) is 133 Å². The molecule has 0 spiro atoms. The number of rotatable bonds is 2. The van der Waals surface area contributed by atoms with Crippen molar-refractivity contribution in [2.75, 3.05) is 0 Å². The second-order valence-electron chi connectivity index (χ2n) is 10.1. The summed E-state index contributed by atoms with van der Waals surface area (Å²) >= 11 is 0. The fraction of sp³-hybridized carbons (Fsp3) is 0.0556. The predicted octanol–water partition coefficient (Wildman–Crippen LogP) is 9.19. The van der Waals surface area contributed by atoms with Gasteiger partial charge in [0.1, 0.15) is 0 Å². The number of allylic oxidation sites excluding steroid dienone is 2. The highest BCUT2D eigenvalue weighted by Crippen LogP contribution is 2.61. The third-order valence-corrected chi connectivity index (χ3v) is 8.21. The van der Waals surface area contributed by atoms with E-state index in [4.69, 9.17) is 0 Å². The van der Waals surface area contributed by atoms with Crippen molar-refractivity contribution >= 4 is 32.7 Å². The summed E-state index contributed by atoms with van der Waals surface area (Å²) in [5.41, 5.74) is 11.4. The average molecular weight is 457 g/mol. The van der Waals surface area contributed by atoms with E-state index in [2.05, 4.69) is 133 Å². The molecule has 0 aliphatic heterocycles. The van der Waals surface area contributed by atoms with Crippen LogP contribution < -0.4 is 0 Å². The SMILES string of the molecule is c1ccc2c(c1)C1=C(c3ccccc3C1c1ccc3ccccc3c1)C2c1ccc2ccccc2c1. The van der Waals surface area contributed by atoms with Crippen LogP contribution in [0.25, 0.3) is 32.7 Å². The summed E-state index contributed by atoms with van der Waals surface area (Å²) in [5.74, 6) is 0.486. The minimum atomic E-state index is 0.243. The van der Waals surface area contributed by atoms with E-state index in [1.165, 1.54) is 66.1 Å². The molecule has 6 aromatic carbocycles. The Morgan fingerprint density at radius 1 is 0.333 bits per heavy atom. The maximum Gasteiger partial charge on any atom is 0.0355 e. The topological polar surface area (TPSA) is 0 Å². The first-order valence-corrected chi connectivity index (χ1v) is 12.8. The number of benzene rings is 6. The summed E-state index contributed by atoms with van der Waals surface area (Å²) in [4.78, 5) is 0. The van der Waals surface area contributed by atoms with Crippen LogP contribution in [0.2, 0.25) is 0 Å². The summed E-state index contributed by atoms with van der Waals surface area (Å²) in [7, 11) is 0. The standard InChI is InChI=1S/C36H24/c1-3-11-25-21-27(19-17-23(25)9-1)33-29-13-5-7-15-31(29)36-34(30-14-6-8-16-32(30)35(33)36)28-20-18-24-10-2-4-12-26(24)22-28/h1-22,33-34H. The predicted molar refractivity (Wildman–Crippen MR) is 151 cm³/mol. The van der Waals surface area contributed by atoms with Crippen molar-refractivity contribution in [3.63, 3.8) is 0 Å². The highest BCUT2D eigenvalue weighted by molar-refractivity contribution is 6.09. The van der Waals surface area contributed by atoms with Crippen molar-refractivity contribution in [2.45, 2.75) is 11.8 Å². The second kappa shape index (κ2) is 7.54. The van der Waals surface area contributed by atoms with E-state index in [1.807, 2.05) is 0 Å². The Kier molecular flexibility index (Phi) is 4.15. The van der Waals surface area contributed by atoms with Gasteiger partial charge in [0, 0.05) is 11.8 Å². The zero-order valence-corrected chi connectivity index (χ0v) is 19.9. The van der Waals surface area contributed by atoms with Crippen LogP contribution in [-0.2, 0) is 0 Å². The van der Waals surface area contributed by atoms with E-state index in [1.54, 1.807) is 0 Å². The van der Waals surface area contributed by atoms with Crippen LogP contribution in [0.5, 0.6) is 0 Å². The summed E-state index contributed by atoms with van der Waals surface area (Å²) in [6.07, 6.45) is 0. The molecule has 0 amide bonds. The molecule has 0 N–H and O–H groups in total. The molecule has 0 heterocycles. The van der Waals surface area contributed by atoms with Crippen LogP contribution in [0.1, 0.15) is 45.2 Å². The molecule has 0 saturated carbocycles. The zero-order valence-electron chi connectivity index (χ0n) is 19.9. The first-order chi connectivity index (χ1) is 17.9. The Morgan fingerprint density at radius 3 is 1.19 bits per heavy atom. The van der Waals surface area contributed by atoms with Crippen molar-refractivity contribution in [2.24, 2.45) is 0 Å². The van der Waals surface area contributed by atoms with Gasteiger partial charge < -0.3 is 0 Å². The highest BCUT2D eigenvalue weighted by Gasteiger charge is 2.43. The quantitative estimate of drug-likeness (QED) is 0.244. The molecule has 2 unspecified atom stereocenters. The number of fused-ring (bicyclic) bond motifs is 6. The lowest BCUT2D eigenvalue weighted by atomic mass is 9.82. The van der Waals surface area contributed by atoms with Crippen molar-refractivity contribution < 1.29 is 0 Å². The minimum Gasteiger partial charge on any atom is -0.0619 e. The monoisotopic (exact) mass is 456 g/mol. The van der Waals surface area contributed by atoms with Gasteiger partial charge in [0.15, 0.2) is 0 Å². The third-order valence-electron chi connectivity index (χ3n) is 8.21. The molecule has 36 heavy (non-hydrogen) atoms. The smallest absolute Gasteiger partial charge is 0.0355 e. The van der Waals surface area contributed by atoms with Crippen LogP contribution >= 0.6 is 0 Å². The molecule has 0 nitrogen and oxygen atoms in total. The van der Waals surface area contributed by atoms with Crippen molar-refractivity contribution in [1.82, 2.24) is 0 Å². The van der Waals surface area contributed by atoms with Crippen LogP contribution in [0.4, 0.5) is 0 Å². The van der Waals surface area contributed by atoms with Gasteiger partial charge in [0.05, 0.1) is 0 Å². The minimum absolute atomic E-state index is 0.243. The molecule has 0 saturated heterocycles. The molecule has 2 aliphatic rings. The molecular weight excluding hydrogens is 432 g/mol. The number of hydrogen-bond acceptors (Lipinski definition) is 0. The lowest BCUT2D eigenvalue weighted by Crippen LogP contribution is -2.04. The molecule has 8 rings (SSSR count). The van der Waals surface area contributed by atoms with Gasteiger partial charge in [-0.05, 0) is 66.1 Å². The van der Waals surface area contributed by atoms with Gasteiger partial charge in [-0.3, -0.25) is 0 Å². The van der Waals surface area contributed by atoms with Gasteiger partial charge in [0.2, 0.25) is 0 Å². The first-order valence-electron chi connectivity index (χ1n) is 12.8. The van der Waals surface area contributed by atoms with Crippen molar-refractivity contribution in [3.8, 4) is 0 Å². The third kappa shape index (κ3) is 2.76. The molecule has 0 bridgehead atoms. The van der Waals surface area contributed by atoms with Gasteiger partial charge in [0.25, 0.3) is 0 Å². The average Bonchev–Trinajstić information content (AvgIpc) is 3.45. The Hall–Kier alpha value is -4.42. The largest absolute Gasteiger partial charge is 0.0619 e. The Labute approximate surface area is 211 Å². The van der Waals surface area contributed by atoms with Gasteiger partial charge in [-0.1, -0.05) is 133 Å². The first kappa shape index (κ1) is 19.8. The highest BCUT2D eigenvalue weighted by atomic mass is 14.4. The molecule has 0 heteroatoms. The molecule has 6 aromatic rings. The Morgan fingerprint density at radius 2 is 0.722 bits per heavy atom. The summed E-state index contributed by atoms with van der Waals surface area (Å²) in [6.45, 7) is 0. The fourth-order valence-corrected chi connectivity index (χ4v) is 6.68. The summed E-state index contributed by atoms with van der Waals surface area (Å²) < 4.78 is 0. The molecule has 0 aromatic heterocycles. The fourth-order valence-electron chi connectivity index (χ4n) is 6.68. The normalized spacial score (nSPS) is 17.9. The van der Waals surface area contributed by atoms with Gasteiger partial charge in [-0.15, -0.1) is 0 Å². The van der Waals surface area contributed by atoms with Crippen LogP contribution in [0, 0.1) is 0 Å². The van der Waals surface area contributed by atoms with E-state index < -0.39 is 0 Å². The maximum absolute atomic E-state index is 2.40. The molecule has 0 fully saturated rings. The van der Waals surface area contributed by atoms with E-state index in [0.29, 0.717) is 0 Å². The Balaban J connectivity index is 1.40. The summed E-state index contributed by atoms with van der Waals surface area (Å²) in [5, 5.41) is 5.20. The second-order valence-corrected chi connectivity index (χ2v) is 10.1. The maximum atomic E-state index is 2.40. The lowest BCUT2D eigenvalue weighted by molar-refractivity contribution is 1.04. The van der Waals surface area contributed by atoms with E-state index >= 15 is 0 Å². The van der Waals surface area contributed by atoms with Crippen LogP contribution in [0.3, 0.4) is 0 Å². The molecular formula is C36H24. The zero-order chi connectivity index (χ0) is 23.6.